The molecule has 1 rings (SSSR count). The van der Waals surface area contributed by atoms with Crippen molar-refractivity contribution in [3.05, 3.63) is 12.2 Å². The fraction of sp³-hybridized carbons (Fsp3) is 0.727. The Balaban J connectivity index is 2.82. The average molecular weight is 198 g/mol. The minimum absolute atomic E-state index is 0.205. The highest BCUT2D eigenvalue weighted by Crippen LogP contribution is 2.41. The Bertz CT molecular complexity index is 247. The zero-order valence-corrected chi connectivity index (χ0v) is 8.88. The van der Waals surface area contributed by atoms with E-state index in [1.165, 1.54) is 0 Å². The van der Waals surface area contributed by atoms with Crippen LogP contribution in [0.2, 0.25) is 0 Å². The van der Waals surface area contributed by atoms with E-state index in [1.807, 2.05) is 13.8 Å². The van der Waals surface area contributed by atoms with Crippen LogP contribution in [0.4, 0.5) is 0 Å². The Morgan fingerprint density at radius 3 is 2.71 bits per heavy atom. The lowest BCUT2D eigenvalue weighted by Crippen LogP contribution is -2.37. The van der Waals surface area contributed by atoms with Crippen LogP contribution in [0.15, 0.2) is 12.2 Å². The summed E-state index contributed by atoms with van der Waals surface area (Å²) in [7, 11) is 0. The summed E-state index contributed by atoms with van der Waals surface area (Å²) in [4.78, 5) is 11.3. The molecule has 1 N–H and O–H groups in total. The van der Waals surface area contributed by atoms with Crippen molar-refractivity contribution >= 4 is 5.97 Å². The lowest BCUT2D eigenvalue weighted by molar-refractivity contribution is -0.151. The third-order valence-corrected chi connectivity index (χ3v) is 3.19. The maximum atomic E-state index is 11.3. The minimum atomic E-state index is -0.753. The van der Waals surface area contributed by atoms with E-state index in [2.05, 4.69) is 6.58 Å². The highest BCUT2D eigenvalue weighted by Gasteiger charge is 2.48. The molecule has 1 heterocycles. The van der Waals surface area contributed by atoms with Crippen LogP contribution < -0.4 is 0 Å². The van der Waals surface area contributed by atoms with E-state index in [0.29, 0.717) is 19.4 Å². The molecule has 0 aliphatic carbocycles. The Morgan fingerprint density at radius 2 is 2.36 bits per heavy atom. The van der Waals surface area contributed by atoms with Crippen molar-refractivity contribution in [2.45, 2.75) is 39.2 Å². The van der Waals surface area contributed by atoms with Crippen molar-refractivity contribution in [1.29, 1.82) is 0 Å². The minimum Gasteiger partial charge on any atom is -0.481 e. The van der Waals surface area contributed by atoms with Crippen molar-refractivity contribution in [1.82, 2.24) is 0 Å². The number of carbonyl (C=O) groups is 1. The molecule has 3 nitrogen and oxygen atoms in total. The van der Waals surface area contributed by atoms with E-state index in [4.69, 9.17) is 4.74 Å². The van der Waals surface area contributed by atoms with Crippen LogP contribution in [0.3, 0.4) is 0 Å². The molecule has 80 valence electrons. The SMILES string of the molecule is C=C(CC)CC1(C(=O)O)CCOC1C. The number of carboxylic acids is 1. The van der Waals surface area contributed by atoms with Gasteiger partial charge >= 0.3 is 5.97 Å². The number of aliphatic carboxylic acids is 1. The first-order valence-corrected chi connectivity index (χ1v) is 5.04. The molecule has 0 saturated carbocycles. The number of carboxylic acid groups (broad SMARTS) is 1. The fourth-order valence-electron chi connectivity index (χ4n) is 1.94. The van der Waals surface area contributed by atoms with Crippen LogP contribution >= 0.6 is 0 Å². The van der Waals surface area contributed by atoms with Crippen molar-refractivity contribution < 1.29 is 14.6 Å². The number of hydrogen-bond acceptors (Lipinski definition) is 2. The first-order chi connectivity index (χ1) is 6.53. The largest absolute Gasteiger partial charge is 0.481 e. The topological polar surface area (TPSA) is 46.5 Å². The van der Waals surface area contributed by atoms with Crippen LogP contribution in [0.1, 0.15) is 33.1 Å². The van der Waals surface area contributed by atoms with Crippen LogP contribution in [0, 0.1) is 5.41 Å². The molecule has 0 aromatic heterocycles. The third kappa shape index (κ3) is 1.82. The zero-order valence-electron chi connectivity index (χ0n) is 8.88. The van der Waals surface area contributed by atoms with E-state index < -0.39 is 11.4 Å². The van der Waals surface area contributed by atoms with Gasteiger partial charge in [0, 0.05) is 6.61 Å². The zero-order chi connectivity index (χ0) is 10.8. The van der Waals surface area contributed by atoms with Crippen LogP contribution in [0.5, 0.6) is 0 Å². The Morgan fingerprint density at radius 1 is 1.71 bits per heavy atom. The summed E-state index contributed by atoms with van der Waals surface area (Å²) in [5.74, 6) is -0.753. The van der Waals surface area contributed by atoms with E-state index in [0.717, 1.165) is 12.0 Å². The molecule has 1 aliphatic heterocycles. The monoisotopic (exact) mass is 198 g/mol. The third-order valence-electron chi connectivity index (χ3n) is 3.19. The van der Waals surface area contributed by atoms with E-state index >= 15 is 0 Å². The molecule has 0 amide bonds. The van der Waals surface area contributed by atoms with Gasteiger partial charge in [-0.05, 0) is 26.2 Å². The van der Waals surface area contributed by atoms with Crippen LogP contribution in [0.25, 0.3) is 0 Å². The summed E-state index contributed by atoms with van der Waals surface area (Å²) < 4.78 is 5.35. The molecule has 0 radical (unpaired) electrons. The van der Waals surface area contributed by atoms with Gasteiger partial charge in [0.1, 0.15) is 0 Å². The normalized spacial score (nSPS) is 31.7. The van der Waals surface area contributed by atoms with Gasteiger partial charge in [0.2, 0.25) is 0 Å². The first kappa shape index (κ1) is 11.2. The first-order valence-electron chi connectivity index (χ1n) is 5.04. The molecule has 14 heavy (non-hydrogen) atoms. The number of ether oxygens (including phenoxy) is 1. The summed E-state index contributed by atoms with van der Waals surface area (Å²) in [6, 6.07) is 0. The van der Waals surface area contributed by atoms with Crippen molar-refractivity contribution in [3.63, 3.8) is 0 Å². The second-order valence-electron chi connectivity index (χ2n) is 4.00. The highest BCUT2D eigenvalue weighted by atomic mass is 16.5. The van der Waals surface area contributed by atoms with Crippen molar-refractivity contribution in [3.8, 4) is 0 Å². The lowest BCUT2D eigenvalue weighted by Gasteiger charge is -2.27. The second kappa shape index (κ2) is 4.13. The Labute approximate surface area is 84.8 Å². The number of allylic oxidation sites excluding steroid dienone is 1. The highest BCUT2D eigenvalue weighted by molar-refractivity contribution is 5.76. The molecular formula is C11H18O3. The maximum absolute atomic E-state index is 11.3. The molecule has 1 fully saturated rings. The molecule has 2 unspecified atom stereocenters. The van der Waals surface area contributed by atoms with Gasteiger partial charge in [-0.25, -0.2) is 0 Å². The van der Waals surface area contributed by atoms with Gasteiger partial charge in [0.05, 0.1) is 11.5 Å². The molecule has 1 saturated heterocycles. The van der Waals surface area contributed by atoms with Crippen LogP contribution in [-0.4, -0.2) is 23.8 Å². The van der Waals surface area contributed by atoms with Gasteiger partial charge in [-0.3, -0.25) is 4.79 Å². The summed E-state index contributed by atoms with van der Waals surface area (Å²) >= 11 is 0. The van der Waals surface area contributed by atoms with Gasteiger partial charge in [-0.2, -0.15) is 0 Å². The molecule has 0 spiro atoms. The standard InChI is InChI=1S/C11H18O3/c1-4-8(2)7-11(10(12)13)5-6-14-9(11)3/h9H,2,4-7H2,1,3H3,(H,12,13). The van der Waals surface area contributed by atoms with Crippen LogP contribution in [-0.2, 0) is 9.53 Å². The van der Waals surface area contributed by atoms with Gasteiger partial charge in [-0.1, -0.05) is 19.1 Å². The van der Waals surface area contributed by atoms with Gasteiger partial charge in [0.25, 0.3) is 0 Å². The molecule has 0 aromatic carbocycles. The van der Waals surface area contributed by atoms with E-state index in [-0.39, 0.29) is 6.10 Å². The Kier molecular flexibility index (Phi) is 3.32. The summed E-state index contributed by atoms with van der Waals surface area (Å²) in [6.45, 7) is 8.26. The van der Waals surface area contributed by atoms with E-state index in [1.54, 1.807) is 0 Å². The lowest BCUT2D eigenvalue weighted by atomic mass is 9.76. The average Bonchev–Trinajstić information content (AvgIpc) is 2.49. The molecule has 1 aliphatic rings. The molecular weight excluding hydrogens is 180 g/mol. The Hall–Kier alpha value is -0.830. The second-order valence-corrected chi connectivity index (χ2v) is 4.00. The quantitative estimate of drug-likeness (QED) is 0.704. The smallest absolute Gasteiger partial charge is 0.312 e. The summed E-state index contributed by atoms with van der Waals surface area (Å²) in [5.41, 5.74) is 0.261. The fourth-order valence-corrected chi connectivity index (χ4v) is 1.94. The molecule has 2 atom stereocenters. The maximum Gasteiger partial charge on any atom is 0.312 e. The molecule has 0 aromatic rings. The van der Waals surface area contributed by atoms with Gasteiger partial charge in [0.15, 0.2) is 0 Å². The van der Waals surface area contributed by atoms with E-state index in [9.17, 15) is 9.90 Å². The number of rotatable bonds is 4. The molecule has 3 heteroatoms. The summed E-state index contributed by atoms with van der Waals surface area (Å²) in [6.07, 6.45) is 1.77. The van der Waals surface area contributed by atoms with Crippen molar-refractivity contribution in [2.75, 3.05) is 6.61 Å². The van der Waals surface area contributed by atoms with Gasteiger partial charge in [-0.15, -0.1) is 0 Å². The van der Waals surface area contributed by atoms with Gasteiger partial charge < -0.3 is 9.84 Å². The molecule has 0 bridgehead atoms. The predicted octanol–water partition coefficient (Wildman–Crippen LogP) is 2.22. The summed E-state index contributed by atoms with van der Waals surface area (Å²) in [5, 5.41) is 9.26. The predicted molar refractivity (Wildman–Crippen MR) is 54.1 cm³/mol. The number of hydrogen-bond donors (Lipinski definition) is 1. The van der Waals surface area contributed by atoms with Crippen molar-refractivity contribution in [2.24, 2.45) is 5.41 Å².